The summed E-state index contributed by atoms with van der Waals surface area (Å²) < 4.78 is 18.3. The summed E-state index contributed by atoms with van der Waals surface area (Å²) in [5.41, 5.74) is 4.79. The van der Waals surface area contributed by atoms with E-state index in [9.17, 15) is 9.18 Å². The summed E-state index contributed by atoms with van der Waals surface area (Å²) in [4.78, 5) is 14.9. The summed E-state index contributed by atoms with van der Waals surface area (Å²) in [6.45, 7) is 6.37. The first-order valence-corrected chi connectivity index (χ1v) is 10.3. The number of carbonyl (C=O) groups excluding carboxylic acids is 1. The molecule has 162 valence electrons. The standard InChI is InChI=1S/C25H30FNO2.ClH/c1-18-14-16-27(15-4-5-25(28)21-8-10-22(26)11-9-21)24(19(18)2)17-20-6-12-23(29-3)13-7-20;/h6-13,24H,4-5,14-17H2,1-3H3;1H. The van der Waals surface area contributed by atoms with Crippen LogP contribution in [0.1, 0.15) is 49.0 Å². The van der Waals surface area contributed by atoms with Crippen LogP contribution in [0.2, 0.25) is 0 Å². The molecule has 1 heterocycles. The average Bonchev–Trinajstić information content (AvgIpc) is 2.74. The van der Waals surface area contributed by atoms with E-state index in [-0.39, 0.29) is 24.0 Å². The summed E-state index contributed by atoms with van der Waals surface area (Å²) in [6.07, 6.45) is 3.33. The molecule has 1 aliphatic rings. The van der Waals surface area contributed by atoms with E-state index in [2.05, 4.69) is 30.9 Å². The van der Waals surface area contributed by atoms with E-state index in [1.807, 2.05) is 12.1 Å². The van der Waals surface area contributed by atoms with Gasteiger partial charge in [-0.1, -0.05) is 23.3 Å². The molecule has 2 aromatic carbocycles. The zero-order chi connectivity index (χ0) is 20.8. The largest absolute Gasteiger partial charge is 0.497 e. The summed E-state index contributed by atoms with van der Waals surface area (Å²) in [6, 6.07) is 14.5. The van der Waals surface area contributed by atoms with Crippen LogP contribution < -0.4 is 4.74 Å². The van der Waals surface area contributed by atoms with Crippen LogP contribution in [0.5, 0.6) is 5.75 Å². The minimum Gasteiger partial charge on any atom is -0.497 e. The predicted octanol–water partition coefficient (Wildman–Crippen LogP) is 5.87. The molecule has 0 saturated heterocycles. The molecule has 2 aromatic rings. The van der Waals surface area contributed by atoms with E-state index in [4.69, 9.17) is 4.74 Å². The molecule has 1 aliphatic heterocycles. The lowest BCUT2D eigenvalue weighted by molar-refractivity contribution is 0.0971. The third-order valence-corrected chi connectivity index (χ3v) is 5.99. The number of methoxy groups -OCH3 is 1. The molecule has 1 unspecified atom stereocenters. The molecule has 5 heteroatoms. The van der Waals surface area contributed by atoms with E-state index in [0.29, 0.717) is 18.0 Å². The van der Waals surface area contributed by atoms with Gasteiger partial charge in [-0.3, -0.25) is 9.69 Å². The van der Waals surface area contributed by atoms with Crippen LogP contribution in [0.4, 0.5) is 4.39 Å². The number of hydrogen-bond acceptors (Lipinski definition) is 3. The average molecular weight is 432 g/mol. The number of ether oxygens (including phenoxy) is 1. The minimum absolute atomic E-state index is 0. The van der Waals surface area contributed by atoms with Crippen molar-refractivity contribution in [3.63, 3.8) is 0 Å². The van der Waals surface area contributed by atoms with Crippen LogP contribution in [0.25, 0.3) is 0 Å². The second kappa shape index (κ2) is 11.3. The highest BCUT2D eigenvalue weighted by Gasteiger charge is 2.25. The maximum atomic E-state index is 13.0. The van der Waals surface area contributed by atoms with Crippen LogP contribution in [-0.4, -0.2) is 36.9 Å². The topological polar surface area (TPSA) is 29.5 Å². The Kier molecular flexibility index (Phi) is 9.07. The summed E-state index contributed by atoms with van der Waals surface area (Å²) in [5.74, 6) is 0.642. The van der Waals surface area contributed by atoms with Crippen molar-refractivity contribution in [2.45, 2.75) is 45.6 Å². The fourth-order valence-electron chi connectivity index (χ4n) is 3.98. The number of hydrogen-bond donors (Lipinski definition) is 0. The van der Waals surface area contributed by atoms with Crippen molar-refractivity contribution in [3.8, 4) is 5.75 Å². The van der Waals surface area contributed by atoms with Gasteiger partial charge in [0.1, 0.15) is 11.6 Å². The van der Waals surface area contributed by atoms with Crippen molar-refractivity contribution in [2.75, 3.05) is 20.2 Å². The first kappa shape index (κ1) is 24.1. The van der Waals surface area contributed by atoms with Crippen molar-refractivity contribution in [3.05, 3.63) is 76.6 Å². The van der Waals surface area contributed by atoms with Gasteiger partial charge in [0.25, 0.3) is 0 Å². The SMILES string of the molecule is COc1ccc(CC2C(C)=C(C)CCN2CCCC(=O)c2ccc(F)cc2)cc1.Cl. The Morgan fingerprint density at radius 3 is 2.40 bits per heavy atom. The third kappa shape index (κ3) is 6.16. The molecule has 0 spiro atoms. The number of nitrogens with zero attached hydrogens (tertiary/aromatic N) is 1. The van der Waals surface area contributed by atoms with Crippen molar-refractivity contribution in [2.24, 2.45) is 0 Å². The Balaban J connectivity index is 0.00000320. The second-order valence-electron chi connectivity index (χ2n) is 7.85. The van der Waals surface area contributed by atoms with Gasteiger partial charge >= 0.3 is 0 Å². The molecule has 0 aromatic heterocycles. The number of Topliss-reactive ketones (excluding diaryl/α,β-unsaturated/α-hetero) is 1. The molecule has 0 bridgehead atoms. The number of halogens is 2. The van der Waals surface area contributed by atoms with Crippen LogP contribution >= 0.6 is 12.4 Å². The summed E-state index contributed by atoms with van der Waals surface area (Å²) in [5, 5.41) is 0. The van der Waals surface area contributed by atoms with Gasteiger partial charge in [0, 0.05) is 24.6 Å². The Labute approximate surface area is 185 Å². The van der Waals surface area contributed by atoms with Gasteiger partial charge in [-0.2, -0.15) is 0 Å². The van der Waals surface area contributed by atoms with Crippen LogP contribution in [0.3, 0.4) is 0 Å². The summed E-state index contributed by atoms with van der Waals surface area (Å²) >= 11 is 0. The normalized spacial score (nSPS) is 16.9. The van der Waals surface area contributed by atoms with E-state index in [1.165, 1.54) is 28.8 Å². The fourth-order valence-corrected chi connectivity index (χ4v) is 3.98. The van der Waals surface area contributed by atoms with E-state index in [1.54, 1.807) is 19.2 Å². The molecule has 0 radical (unpaired) electrons. The Bertz CT molecular complexity index is 862. The molecule has 1 atom stereocenters. The highest BCUT2D eigenvalue weighted by atomic mass is 35.5. The van der Waals surface area contributed by atoms with Crippen molar-refractivity contribution < 1.29 is 13.9 Å². The van der Waals surface area contributed by atoms with Crippen LogP contribution in [0, 0.1) is 5.82 Å². The molecule has 3 rings (SSSR count). The van der Waals surface area contributed by atoms with Gasteiger partial charge in [0.15, 0.2) is 5.78 Å². The summed E-state index contributed by atoms with van der Waals surface area (Å²) in [7, 11) is 1.68. The Hall–Kier alpha value is -2.17. The lowest BCUT2D eigenvalue weighted by Crippen LogP contribution is -2.42. The number of carbonyl (C=O) groups is 1. The third-order valence-electron chi connectivity index (χ3n) is 5.99. The quantitative estimate of drug-likeness (QED) is 0.386. The molecule has 0 saturated carbocycles. The zero-order valence-electron chi connectivity index (χ0n) is 18.0. The molecule has 0 aliphatic carbocycles. The van der Waals surface area contributed by atoms with E-state index < -0.39 is 0 Å². The monoisotopic (exact) mass is 431 g/mol. The highest BCUT2D eigenvalue weighted by molar-refractivity contribution is 5.95. The van der Waals surface area contributed by atoms with E-state index >= 15 is 0 Å². The van der Waals surface area contributed by atoms with Crippen LogP contribution in [0.15, 0.2) is 59.7 Å². The maximum absolute atomic E-state index is 13.0. The van der Waals surface area contributed by atoms with Gasteiger partial charge in [0.05, 0.1) is 7.11 Å². The molecular weight excluding hydrogens is 401 g/mol. The Morgan fingerprint density at radius 1 is 1.10 bits per heavy atom. The van der Waals surface area contributed by atoms with Gasteiger partial charge < -0.3 is 4.74 Å². The lowest BCUT2D eigenvalue weighted by atomic mass is 9.90. The van der Waals surface area contributed by atoms with Gasteiger partial charge in [-0.25, -0.2) is 4.39 Å². The van der Waals surface area contributed by atoms with Crippen molar-refractivity contribution in [1.82, 2.24) is 4.90 Å². The number of rotatable bonds is 8. The first-order valence-electron chi connectivity index (χ1n) is 10.3. The van der Waals surface area contributed by atoms with Gasteiger partial charge in [0.2, 0.25) is 0 Å². The second-order valence-corrected chi connectivity index (χ2v) is 7.85. The van der Waals surface area contributed by atoms with Crippen molar-refractivity contribution >= 4 is 18.2 Å². The number of benzene rings is 2. The maximum Gasteiger partial charge on any atom is 0.162 e. The minimum atomic E-state index is -0.311. The molecular formula is C25H31ClFNO2. The zero-order valence-corrected chi connectivity index (χ0v) is 18.8. The molecule has 0 amide bonds. The Morgan fingerprint density at radius 2 is 1.77 bits per heavy atom. The smallest absolute Gasteiger partial charge is 0.162 e. The molecule has 3 nitrogen and oxygen atoms in total. The van der Waals surface area contributed by atoms with Crippen molar-refractivity contribution in [1.29, 1.82) is 0 Å². The van der Waals surface area contributed by atoms with Gasteiger partial charge in [-0.15, -0.1) is 12.4 Å². The van der Waals surface area contributed by atoms with E-state index in [0.717, 1.165) is 38.1 Å². The molecule has 30 heavy (non-hydrogen) atoms. The van der Waals surface area contributed by atoms with Crippen LogP contribution in [-0.2, 0) is 6.42 Å². The van der Waals surface area contributed by atoms with Gasteiger partial charge in [-0.05, 0) is 81.6 Å². The number of ketones is 1. The lowest BCUT2D eigenvalue weighted by Gasteiger charge is -2.37. The molecule has 0 N–H and O–H groups in total. The first-order chi connectivity index (χ1) is 14.0. The highest BCUT2D eigenvalue weighted by Crippen LogP contribution is 2.27. The molecule has 0 fully saturated rings. The predicted molar refractivity (Wildman–Crippen MR) is 122 cm³/mol. The fraction of sp³-hybridized carbons (Fsp3) is 0.400.